The van der Waals surface area contributed by atoms with Gasteiger partial charge in [0, 0.05) is 31.2 Å². The highest BCUT2D eigenvalue weighted by Crippen LogP contribution is 2.11. The minimum atomic E-state index is -0.240. The molecule has 0 saturated carbocycles. The van der Waals surface area contributed by atoms with E-state index < -0.39 is 0 Å². The zero-order chi connectivity index (χ0) is 14.7. The van der Waals surface area contributed by atoms with Gasteiger partial charge in [-0.05, 0) is 23.8 Å². The van der Waals surface area contributed by atoms with Crippen molar-refractivity contribution in [2.24, 2.45) is 0 Å². The number of amides is 1. The predicted octanol–water partition coefficient (Wildman–Crippen LogP) is 1.67. The maximum Gasteiger partial charge on any atom is 0.270 e. The largest absolute Gasteiger partial charge is 0.497 e. The van der Waals surface area contributed by atoms with E-state index in [0.29, 0.717) is 18.0 Å². The molecule has 0 aliphatic heterocycles. The first-order valence-corrected chi connectivity index (χ1v) is 6.47. The summed E-state index contributed by atoms with van der Waals surface area (Å²) in [5.74, 6) is 0.364. The highest BCUT2D eigenvalue weighted by atomic mass is 16.5. The number of hydrogen-bond donors (Lipinski definition) is 1. The number of ether oxygens (including phenoxy) is 1. The maximum absolute atomic E-state index is 12.1. The van der Waals surface area contributed by atoms with Gasteiger partial charge in [0.1, 0.15) is 11.4 Å². The van der Waals surface area contributed by atoms with Gasteiger partial charge in [0.05, 0.1) is 12.6 Å². The Labute approximate surface area is 121 Å². The Balaban J connectivity index is 1.75. The van der Waals surface area contributed by atoms with Crippen LogP contribution in [0.3, 0.4) is 0 Å². The van der Waals surface area contributed by atoms with E-state index in [0.717, 1.165) is 11.1 Å². The van der Waals surface area contributed by atoms with Crippen LogP contribution in [0.2, 0.25) is 0 Å². The molecule has 3 heterocycles. The van der Waals surface area contributed by atoms with Crippen LogP contribution in [0.1, 0.15) is 16.1 Å². The Morgan fingerprint density at radius 2 is 2.24 bits per heavy atom. The van der Waals surface area contributed by atoms with E-state index in [1.165, 1.54) is 0 Å². The molecule has 106 valence electrons. The first kappa shape index (κ1) is 13.1. The van der Waals surface area contributed by atoms with Gasteiger partial charge in [0.15, 0.2) is 0 Å². The van der Waals surface area contributed by atoms with Crippen LogP contribution in [0.15, 0.2) is 48.9 Å². The molecule has 0 unspecified atom stereocenters. The van der Waals surface area contributed by atoms with Gasteiger partial charge in [-0.25, -0.2) is 4.52 Å². The maximum atomic E-state index is 12.1. The van der Waals surface area contributed by atoms with Crippen LogP contribution in [0.4, 0.5) is 0 Å². The quantitative estimate of drug-likeness (QED) is 0.790. The Bertz CT molecular complexity index is 782. The summed E-state index contributed by atoms with van der Waals surface area (Å²) >= 11 is 0. The molecule has 0 saturated heterocycles. The Morgan fingerprint density at radius 1 is 1.33 bits per heavy atom. The highest BCUT2D eigenvalue weighted by Gasteiger charge is 2.09. The fourth-order valence-corrected chi connectivity index (χ4v) is 2.09. The third-order valence-electron chi connectivity index (χ3n) is 3.16. The van der Waals surface area contributed by atoms with Gasteiger partial charge < -0.3 is 10.1 Å². The molecule has 6 nitrogen and oxygen atoms in total. The van der Waals surface area contributed by atoms with Crippen molar-refractivity contribution in [2.75, 3.05) is 7.11 Å². The number of pyridine rings is 2. The molecule has 3 rings (SSSR count). The Morgan fingerprint density at radius 3 is 3.10 bits per heavy atom. The molecule has 0 spiro atoms. The molecular formula is C15H14N4O2. The number of fused-ring (bicyclic) bond motifs is 1. The number of methoxy groups -OCH3 is 1. The number of hydrogen-bond acceptors (Lipinski definition) is 4. The number of aromatic nitrogens is 3. The number of carbonyl (C=O) groups is 1. The summed E-state index contributed by atoms with van der Waals surface area (Å²) < 4.78 is 6.85. The second kappa shape index (κ2) is 5.62. The van der Waals surface area contributed by atoms with E-state index in [9.17, 15) is 4.79 Å². The summed E-state index contributed by atoms with van der Waals surface area (Å²) in [7, 11) is 1.55. The van der Waals surface area contributed by atoms with Crippen LogP contribution in [0.5, 0.6) is 5.75 Å². The highest BCUT2D eigenvalue weighted by molar-refractivity contribution is 5.92. The molecular weight excluding hydrogens is 268 g/mol. The van der Waals surface area contributed by atoms with Crippen molar-refractivity contribution in [1.29, 1.82) is 0 Å². The van der Waals surface area contributed by atoms with Crippen molar-refractivity contribution < 1.29 is 9.53 Å². The van der Waals surface area contributed by atoms with Gasteiger partial charge in [0.2, 0.25) is 0 Å². The summed E-state index contributed by atoms with van der Waals surface area (Å²) in [6, 6.07) is 9.06. The first-order valence-electron chi connectivity index (χ1n) is 6.47. The fraction of sp³-hybridized carbons (Fsp3) is 0.133. The van der Waals surface area contributed by atoms with Gasteiger partial charge in [0.25, 0.3) is 5.91 Å². The van der Waals surface area contributed by atoms with Crippen molar-refractivity contribution in [3.63, 3.8) is 0 Å². The van der Waals surface area contributed by atoms with Gasteiger partial charge >= 0.3 is 0 Å². The number of rotatable bonds is 4. The third-order valence-corrected chi connectivity index (χ3v) is 3.16. The average Bonchev–Trinajstić information content (AvgIpc) is 3.01. The van der Waals surface area contributed by atoms with Crippen LogP contribution >= 0.6 is 0 Å². The molecule has 1 amide bonds. The molecule has 0 radical (unpaired) electrons. The minimum absolute atomic E-state index is 0.240. The van der Waals surface area contributed by atoms with Crippen LogP contribution in [0.25, 0.3) is 5.52 Å². The summed E-state index contributed by atoms with van der Waals surface area (Å²) in [4.78, 5) is 16.2. The van der Waals surface area contributed by atoms with Crippen molar-refractivity contribution >= 4 is 11.4 Å². The molecule has 21 heavy (non-hydrogen) atoms. The topological polar surface area (TPSA) is 68.5 Å². The molecule has 0 bridgehead atoms. The van der Waals surface area contributed by atoms with Crippen LogP contribution < -0.4 is 10.1 Å². The summed E-state index contributed by atoms with van der Waals surface area (Å²) in [6.07, 6.45) is 5.14. The Hall–Kier alpha value is -2.89. The SMILES string of the molecule is COc1ccnc(C(=O)NCc2cccn3nccc23)c1. The van der Waals surface area contributed by atoms with E-state index in [4.69, 9.17) is 4.74 Å². The zero-order valence-corrected chi connectivity index (χ0v) is 11.5. The molecule has 1 N–H and O–H groups in total. The monoisotopic (exact) mass is 282 g/mol. The van der Waals surface area contributed by atoms with Crippen molar-refractivity contribution in [1.82, 2.24) is 19.9 Å². The molecule has 0 atom stereocenters. The summed E-state index contributed by atoms with van der Waals surface area (Å²) in [5.41, 5.74) is 2.29. The molecule has 0 fully saturated rings. The summed E-state index contributed by atoms with van der Waals surface area (Å²) in [5, 5.41) is 7.01. The van der Waals surface area contributed by atoms with Crippen molar-refractivity contribution in [2.45, 2.75) is 6.54 Å². The molecule has 3 aromatic heterocycles. The van der Waals surface area contributed by atoms with E-state index in [-0.39, 0.29) is 5.91 Å². The first-order chi connectivity index (χ1) is 10.3. The van der Waals surface area contributed by atoms with E-state index in [1.54, 1.807) is 36.2 Å². The normalized spacial score (nSPS) is 10.5. The van der Waals surface area contributed by atoms with Crippen LogP contribution in [-0.2, 0) is 6.54 Å². The lowest BCUT2D eigenvalue weighted by Gasteiger charge is -2.07. The zero-order valence-electron chi connectivity index (χ0n) is 11.5. The molecule has 0 aliphatic rings. The molecule has 0 aliphatic carbocycles. The second-order valence-electron chi connectivity index (χ2n) is 4.46. The van der Waals surface area contributed by atoms with Gasteiger partial charge in [-0.1, -0.05) is 6.07 Å². The second-order valence-corrected chi connectivity index (χ2v) is 4.46. The van der Waals surface area contributed by atoms with Crippen molar-refractivity contribution in [3.8, 4) is 5.75 Å². The number of nitrogens with zero attached hydrogens (tertiary/aromatic N) is 3. The van der Waals surface area contributed by atoms with Crippen LogP contribution in [-0.4, -0.2) is 27.6 Å². The third kappa shape index (κ3) is 2.69. The van der Waals surface area contributed by atoms with E-state index in [2.05, 4.69) is 15.4 Å². The summed E-state index contributed by atoms with van der Waals surface area (Å²) in [6.45, 7) is 0.410. The lowest BCUT2D eigenvalue weighted by molar-refractivity contribution is 0.0945. The predicted molar refractivity (Wildman–Crippen MR) is 77.2 cm³/mol. The van der Waals surface area contributed by atoms with E-state index >= 15 is 0 Å². The number of carbonyl (C=O) groups excluding carboxylic acids is 1. The lowest BCUT2D eigenvalue weighted by Crippen LogP contribution is -2.24. The van der Waals surface area contributed by atoms with Gasteiger partial charge in [-0.2, -0.15) is 5.10 Å². The average molecular weight is 282 g/mol. The Kier molecular flexibility index (Phi) is 3.51. The van der Waals surface area contributed by atoms with Crippen molar-refractivity contribution in [3.05, 3.63) is 60.2 Å². The molecule has 0 aromatic carbocycles. The minimum Gasteiger partial charge on any atom is -0.497 e. The smallest absolute Gasteiger partial charge is 0.270 e. The van der Waals surface area contributed by atoms with Crippen LogP contribution in [0, 0.1) is 0 Å². The standard InChI is InChI=1S/C15H14N4O2/c1-21-12-4-6-16-13(9-12)15(20)17-10-11-3-2-8-19-14(11)5-7-18-19/h2-9H,10H2,1H3,(H,17,20). The van der Waals surface area contributed by atoms with Gasteiger partial charge in [-0.3, -0.25) is 9.78 Å². The number of nitrogens with one attached hydrogen (secondary N) is 1. The lowest BCUT2D eigenvalue weighted by atomic mass is 10.2. The molecule has 3 aromatic rings. The fourth-order valence-electron chi connectivity index (χ4n) is 2.09. The molecule has 6 heteroatoms. The van der Waals surface area contributed by atoms with E-state index in [1.807, 2.05) is 24.4 Å². The van der Waals surface area contributed by atoms with Gasteiger partial charge in [-0.15, -0.1) is 0 Å².